The fraction of sp³-hybridized carbons (Fsp3) is 0.533. The monoisotopic (exact) mass is 346 g/mol. The molecule has 0 aromatic heterocycles. The van der Waals surface area contributed by atoms with Crippen LogP contribution in [-0.2, 0) is 4.79 Å². The largest absolute Gasteiger partial charge is 0.339 e. The molecule has 0 saturated carbocycles. The Balaban J connectivity index is 1.88. The van der Waals surface area contributed by atoms with Crippen LogP contribution >= 0.6 is 35.0 Å². The van der Waals surface area contributed by atoms with Crippen LogP contribution in [0.1, 0.15) is 12.5 Å². The molecule has 0 atom stereocenters. The smallest absolute Gasteiger partial charge is 0.233 e. The van der Waals surface area contributed by atoms with Crippen molar-refractivity contribution in [1.29, 1.82) is 0 Å². The van der Waals surface area contributed by atoms with Crippen LogP contribution < -0.4 is 0 Å². The molecule has 21 heavy (non-hydrogen) atoms. The van der Waals surface area contributed by atoms with Crippen molar-refractivity contribution >= 4 is 40.9 Å². The molecule has 1 fully saturated rings. The Labute approximate surface area is 140 Å². The third-order valence-corrected chi connectivity index (χ3v) is 5.61. The molecule has 1 heterocycles. The van der Waals surface area contributed by atoms with Crippen molar-refractivity contribution in [2.24, 2.45) is 0 Å². The number of likely N-dealkylation sites (N-methyl/N-ethyl adjacent to an activating group) is 1. The highest BCUT2D eigenvalue weighted by atomic mass is 35.5. The van der Waals surface area contributed by atoms with Gasteiger partial charge in [0.15, 0.2) is 0 Å². The van der Waals surface area contributed by atoms with E-state index in [-0.39, 0.29) is 5.91 Å². The van der Waals surface area contributed by atoms with Gasteiger partial charge in [0.25, 0.3) is 0 Å². The minimum Gasteiger partial charge on any atom is -0.339 e. The van der Waals surface area contributed by atoms with Crippen LogP contribution in [0.4, 0.5) is 0 Å². The third-order valence-electron chi connectivity index (χ3n) is 3.74. The quantitative estimate of drug-likeness (QED) is 0.778. The third kappa shape index (κ3) is 4.52. The van der Waals surface area contributed by atoms with Crippen molar-refractivity contribution in [3.63, 3.8) is 0 Å². The molecule has 0 bridgehead atoms. The molecule has 1 saturated heterocycles. The molecule has 0 spiro atoms. The van der Waals surface area contributed by atoms with Gasteiger partial charge >= 0.3 is 0 Å². The average molecular weight is 347 g/mol. The van der Waals surface area contributed by atoms with E-state index < -0.39 is 0 Å². The first kappa shape index (κ1) is 16.9. The van der Waals surface area contributed by atoms with Crippen LogP contribution in [0.25, 0.3) is 0 Å². The minimum atomic E-state index is 0.180. The number of rotatable bonds is 4. The fourth-order valence-corrected chi connectivity index (χ4v) is 3.75. The highest BCUT2D eigenvalue weighted by Gasteiger charge is 2.20. The first-order valence-electron chi connectivity index (χ1n) is 7.09. The number of piperazine rings is 1. The first-order valence-corrected chi connectivity index (χ1v) is 8.84. The van der Waals surface area contributed by atoms with Gasteiger partial charge in [-0.05, 0) is 31.2 Å². The number of nitrogens with zero attached hydrogens (tertiary/aromatic N) is 2. The second kappa shape index (κ2) is 7.73. The fourth-order valence-electron chi connectivity index (χ4n) is 2.29. The molecule has 1 aliphatic heterocycles. The lowest BCUT2D eigenvalue weighted by Crippen LogP contribution is -2.49. The number of halogens is 2. The Bertz CT molecular complexity index is 517. The molecular weight excluding hydrogens is 327 g/mol. The predicted octanol–water partition coefficient (Wildman–Crippen LogP) is 3.56. The van der Waals surface area contributed by atoms with Gasteiger partial charge in [-0.15, -0.1) is 11.8 Å². The number of amides is 1. The number of aryl methyl sites for hydroxylation is 1. The summed E-state index contributed by atoms with van der Waals surface area (Å²) in [5, 5.41) is 1.27. The Morgan fingerprint density at radius 2 is 1.86 bits per heavy atom. The molecular formula is C15H20Cl2N2OS. The van der Waals surface area contributed by atoms with Crippen LogP contribution in [0.3, 0.4) is 0 Å². The highest BCUT2D eigenvalue weighted by Crippen LogP contribution is 2.32. The van der Waals surface area contributed by atoms with Crippen molar-refractivity contribution in [2.75, 3.05) is 38.5 Å². The first-order chi connectivity index (χ1) is 10.0. The van der Waals surface area contributed by atoms with Crippen LogP contribution in [0.2, 0.25) is 10.0 Å². The van der Waals surface area contributed by atoms with Crippen molar-refractivity contribution in [3.8, 4) is 0 Å². The lowest BCUT2D eigenvalue weighted by atomic mass is 10.2. The average Bonchev–Trinajstić information content (AvgIpc) is 2.49. The van der Waals surface area contributed by atoms with Gasteiger partial charge in [0.05, 0.1) is 10.8 Å². The van der Waals surface area contributed by atoms with Crippen molar-refractivity contribution in [3.05, 3.63) is 27.7 Å². The van der Waals surface area contributed by atoms with Crippen molar-refractivity contribution < 1.29 is 4.79 Å². The maximum absolute atomic E-state index is 12.2. The topological polar surface area (TPSA) is 23.6 Å². The van der Waals surface area contributed by atoms with Gasteiger partial charge in [0.1, 0.15) is 0 Å². The lowest BCUT2D eigenvalue weighted by molar-refractivity contribution is -0.130. The molecule has 2 rings (SSSR count). The summed E-state index contributed by atoms with van der Waals surface area (Å²) >= 11 is 13.7. The van der Waals surface area contributed by atoms with Crippen LogP contribution in [0, 0.1) is 6.92 Å². The summed E-state index contributed by atoms with van der Waals surface area (Å²) in [6.45, 7) is 8.71. The van der Waals surface area contributed by atoms with E-state index in [0.717, 1.165) is 43.2 Å². The van der Waals surface area contributed by atoms with Gasteiger partial charge in [-0.3, -0.25) is 4.79 Å². The highest BCUT2D eigenvalue weighted by molar-refractivity contribution is 8.00. The summed E-state index contributed by atoms with van der Waals surface area (Å²) in [6.07, 6.45) is 0. The van der Waals surface area contributed by atoms with Crippen LogP contribution in [0.15, 0.2) is 17.0 Å². The lowest BCUT2D eigenvalue weighted by Gasteiger charge is -2.34. The van der Waals surface area contributed by atoms with E-state index in [1.54, 1.807) is 6.07 Å². The Morgan fingerprint density at radius 1 is 1.19 bits per heavy atom. The van der Waals surface area contributed by atoms with Gasteiger partial charge in [0.2, 0.25) is 5.91 Å². The van der Waals surface area contributed by atoms with Crippen molar-refractivity contribution in [2.45, 2.75) is 18.7 Å². The van der Waals surface area contributed by atoms with Gasteiger partial charge in [-0.25, -0.2) is 0 Å². The molecule has 0 aliphatic carbocycles. The van der Waals surface area contributed by atoms with E-state index in [0.29, 0.717) is 15.8 Å². The maximum atomic E-state index is 12.2. The standard InChI is InChI=1S/C15H20Cl2N2OS/c1-3-18-4-6-19(7-5-18)15(20)10-21-14-8-11(2)12(16)9-13(14)17/h8-9H,3-7,10H2,1-2H3. The summed E-state index contributed by atoms with van der Waals surface area (Å²) in [6, 6.07) is 3.68. The SMILES string of the molecule is CCN1CCN(C(=O)CSc2cc(C)c(Cl)cc2Cl)CC1. The van der Waals surface area contributed by atoms with E-state index in [1.807, 2.05) is 17.9 Å². The second-order valence-corrected chi connectivity index (χ2v) is 6.97. The molecule has 3 nitrogen and oxygen atoms in total. The van der Waals surface area contributed by atoms with E-state index in [9.17, 15) is 4.79 Å². The zero-order chi connectivity index (χ0) is 15.4. The summed E-state index contributed by atoms with van der Waals surface area (Å²) in [7, 11) is 0. The van der Waals surface area contributed by atoms with E-state index >= 15 is 0 Å². The van der Waals surface area contributed by atoms with E-state index in [4.69, 9.17) is 23.2 Å². The maximum Gasteiger partial charge on any atom is 0.233 e. The van der Waals surface area contributed by atoms with Crippen molar-refractivity contribution in [1.82, 2.24) is 9.80 Å². The Morgan fingerprint density at radius 3 is 2.48 bits per heavy atom. The minimum absolute atomic E-state index is 0.180. The van der Waals surface area contributed by atoms with E-state index in [2.05, 4.69) is 11.8 Å². The number of carbonyl (C=O) groups is 1. The summed E-state index contributed by atoms with van der Waals surface area (Å²) in [4.78, 5) is 17.5. The molecule has 1 aromatic rings. The molecule has 6 heteroatoms. The molecule has 0 N–H and O–H groups in total. The van der Waals surface area contributed by atoms with Crippen LogP contribution in [-0.4, -0.2) is 54.2 Å². The van der Waals surface area contributed by atoms with Gasteiger partial charge < -0.3 is 9.80 Å². The number of benzene rings is 1. The molecule has 1 aliphatic rings. The summed E-state index contributed by atoms with van der Waals surface area (Å²) < 4.78 is 0. The molecule has 0 unspecified atom stereocenters. The number of hydrogen-bond acceptors (Lipinski definition) is 3. The summed E-state index contributed by atoms with van der Waals surface area (Å²) in [5.41, 5.74) is 0.979. The number of carbonyl (C=O) groups excluding carboxylic acids is 1. The number of thioether (sulfide) groups is 1. The Kier molecular flexibility index (Phi) is 6.23. The predicted molar refractivity (Wildman–Crippen MR) is 90.6 cm³/mol. The zero-order valence-corrected chi connectivity index (χ0v) is 14.7. The van der Waals surface area contributed by atoms with Gasteiger partial charge in [-0.1, -0.05) is 30.1 Å². The van der Waals surface area contributed by atoms with Gasteiger partial charge in [0, 0.05) is 36.1 Å². The zero-order valence-electron chi connectivity index (χ0n) is 12.4. The van der Waals surface area contributed by atoms with Crippen LogP contribution in [0.5, 0.6) is 0 Å². The number of hydrogen-bond donors (Lipinski definition) is 0. The Hall–Kier alpha value is -0.420. The second-order valence-electron chi connectivity index (χ2n) is 5.14. The summed E-state index contributed by atoms with van der Waals surface area (Å²) in [5.74, 6) is 0.604. The molecule has 0 radical (unpaired) electrons. The van der Waals surface area contributed by atoms with Gasteiger partial charge in [-0.2, -0.15) is 0 Å². The normalized spacial score (nSPS) is 16.3. The molecule has 1 aromatic carbocycles. The van der Waals surface area contributed by atoms with E-state index in [1.165, 1.54) is 11.8 Å². The molecule has 116 valence electrons. The molecule has 1 amide bonds.